The van der Waals surface area contributed by atoms with Gasteiger partial charge in [-0.15, -0.1) is 0 Å². The van der Waals surface area contributed by atoms with E-state index in [4.69, 9.17) is 9.15 Å². The summed E-state index contributed by atoms with van der Waals surface area (Å²) in [6.45, 7) is 1.31. The highest BCUT2D eigenvalue weighted by atomic mass is 19.1. The summed E-state index contributed by atoms with van der Waals surface area (Å²) >= 11 is 0. The van der Waals surface area contributed by atoms with Crippen molar-refractivity contribution in [3.63, 3.8) is 0 Å². The molecule has 0 spiro atoms. The molecular formula is C18H13F2NO4. The predicted octanol–water partition coefficient (Wildman–Crippen LogP) is 3.90. The van der Waals surface area contributed by atoms with E-state index >= 15 is 0 Å². The molecule has 25 heavy (non-hydrogen) atoms. The van der Waals surface area contributed by atoms with E-state index in [9.17, 15) is 18.4 Å². The molecular weight excluding hydrogens is 332 g/mol. The molecule has 1 N–H and O–H groups in total. The Labute approximate surface area is 141 Å². The van der Waals surface area contributed by atoms with Crippen LogP contribution in [-0.2, 0) is 9.53 Å². The van der Waals surface area contributed by atoms with Crippen molar-refractivity contribution in [2.75, 3.05) is 5.32 Å². The molecule has 5 nitrogen and oxygen atoms in total. The standard InChI is InChI=1S/C18H13F2NO4/c1-10(17(22)21-14-9-12(19)6-7-13(14)20)24-18(23)16-8-11-4-2-3-5-15(11)25-16/h2-10H,1H3,(H,21,22). The molecule has 0 saturated carbocycles. The number of furan rings is 1. The molecule has 128 valence electrons. The fourth-order valence-corrected chi connectivity index (χ4v) is 2.18. The van der Waals surface area contributed by atoms with Crippen molar-refractivity contribution < 1.29 is 27.5 Å². The van der Waals surface area contributed by atoms with Crippen molar-refractivity contribution >= 4 is 28.5 Å². The van der Waals surface area contributed by atoms with Gasteiger partial charge in [-0.3, -0.25) is 4.79 Å². The van der Waals surface area contributed by atoms with Gasteiger partial charge in [-0.1, -0.05) is 18.2 Å². The highest BCUT2D eigenvalue weighted by Gasteiger charge is 2.22. The van der Waals surface area contributed by atoms with Crippen molar-refractivity contribution in [2.45, 2.75) is 13.0 Å². The van der Waals surface area contributed by atoms with Crippen LogP contribution in [0.15, 0.2) is 52.9 Å². The molecule has 1 unspecified atom stereocenters. The highest BCUT2D eigenvalue weighted by molar-refractivity contribution is 5.98. The Morgan fingerprint density at radius 3 is 2.64 bits per heavy atom. The minimum Gasteiger partial charge on any atom is -0.449 e. The first-order chi connectivity index (χ1) is 11.9. The van der Waals surface area contributed by atoms with Crippen LogP contribution in [0.5, 0.6) is 0 Å². The summed E-state index contributed by atoms with van der Waals surface area (Å²) in [5.41, 5.74) is 0.171. The summed E-state index contributed by atoms with van der Waals surface area (Å²) in [6, 6.07) is 11.1. The minimum absolute atomic E-state index is 0.0576. The van der Waals surface area contributed by atoms with Gasteiger partial charge >= 0.3 is 5.97 Å². The maximum absolute atomic E-state index is 13.5. The van der Waals surface area contributed by atoms with Gasteiger partial charge < -0.3 is 14.5 Å². The Bertz CT molecular complexity index is 918. The SMILES string of the molecule is CC(OC(=O)c1cc2ccccc2o1)C(=O)Nc1cc(F)ccc1F. The quantitative estimate of drug-likeness (QED) is 0.728. The number of hydrogen-bond donors (Lipinski definition) is 1. The van der Waals surface area contributed by atoms with Crippen LogP contribution in [0.1, 0.15) is 17.5 Å². The minimum atomic E-state index is -1.23. The van der Waals surface area contributed by atoms with Crippen molar-refractivity contribution in [2.24, 2.45) is 0 Å². The lowest BCUT2D eigenvalue weighted by Crippen LogP contribution is -2.30. The molecule has 1 heterocycles. The summed E-state index contributed by atoms with van der Waals surface area (Å²) in [6.07, 6.45) is -1.23. The van der Waals surface area contributed by atoms with E-state index in [1.165, 1.54) is 13.0 Å². The van der Waals surface area contributed by atoms with E-state index < -0.39 is 29.6 Å². The average molecular weight is 345 g/mol. The van der Waals surface area contributed by atoms with Crippen LogP contribution >= 0.6 is 0 Å². The lowest BCUT2D eigenvalue weighted by Gasteiger charge is -2.13. The molecule has 0 saturated heterocycles. The van der Waals surface area contributed by atoms with Gasteiger partial charge in [0.05, 0.1) is 5.69 Å². The van der Waals surface area contributed by atoms with Crippen molar-refractivity contribution in [3.05, 3.63) is 65.9 Å². The third-order valence-corrected chi connectivity index (χ3v) is 3.47. The van der Waals surface area contributed by atoms with Crippen LogP contribution < -0.4 is 5.32 Å². The maximum Gasteiger partial charge on any atom is 0.375 e. The number of amides is 1. The molecule has 0 aliphatic carbocycles. The molecule has 2 aromatic carbocycles. The normalized spacial score (nSPS) is 12.0. The molecule has 0 fully saturated rings. The van der Waals surface area contributed by atoms with E-state index in [-0.39, 0.29) is 11.4 Å². The number of benzene rings is 2. The number of para-hydroxylation sites is 1. The molecule has 1 aromatic heterocycles. The maximum atomic E-state index is 13.5. The summed E-state index contributed by atoms with van der Waals surface area (Å²) in [4.78, 5) is 24.1. The highest BCUT2D eigenvalue weighted by Crippen LogP contribution is 2.20. The summed E-state index contributed by atoms with van der Waals surface area (Å²) in [5.74, 6) is -3.19. The Balaban J connectivity index is 1.68. The number of nitrogens with one attached hydrogen (secondary N) is 1. The zero-order valence-corrected chi connectivity index (χ0v) is 13.1. The van der Waals surface area contributed by atoms with Crippen LogP contribution in [0.2, 0.25) is 0 Å². The summed E-state index contributed by atoms with van der Waals surface area (Å²) in [7, 11) is 0. The Morgan fingerprint density at radius 1 is 1.12 bits per heavy atom. The molecule has 7 heteroatoms. The van der Waals surface area contributed by atoms with Gasteiger partial charge in [0.2, 0.25) is 5.76 Å². The molecule has 0 aliphatic heterocycles. The van der Waals surface area contributed by atoms with Gasteiger partial charge in [0.25, 0.3) is 5.91 Å². The number of hydrogen-bond acceptors (Lipinski definition) is 4. The fraction of sp³-hybridized carbons (Fsp3) is 0.111. The molecule has 3 aromatic rings. The van der Waals surface area contributed by atoms with Crippen LogP contribution in [0.3, 0.4) is 0 Å². The zero-order chi connectivity index (χ0) is 18.0. The third kappa shape index (κ3) is 3.65. The second-order valence-electron chi connectivity index (χ2n) is 5.31. The Kier molecular flexibility index (Phi) is 4.47. The molecule has 1 atom stereocenters. The van der Waals surface area contributed by atoms with Crippen LogP contribution in [0.25, 0.3) is 11.0 Å². The van der Waals surface area contributed by atoms with Gasteiger partial charge in [-0.25, -0.2) is 13.6 Å². The number of carbonyl (C=O) groups is 2. The number of carbonyl (C=O) groups excluding carboxylic acids is 2. The molecule has 0 aliphatic rings. The largest absolute Gasteiger partial charge is 0.449 e. The molecule has 1 amide bonds. The van der Waals surface area contributed by atoms with Crippen molar-refractivity contribution in [1.82, 2.24) is 0 Å². The van der Waals surface area contributed by atoms with E-state index in [2.05, 4.69) is 5.32 Å². The average Bonchev–Trinajstić information content (AvgIpc) is 3.02. The summed E-state index contributed by atoms with van der Waals surface area (Å²) in [5, 5.41) is 2.89. The van der Waals surface area contributed by atoms with E-state index in [1.807, 2.05) is 0 Å². The van der Waals surface area contributed by atoms with Crippen LogP contribution in [0, 0.1) is 11.6 Å². The zero-order valence-electron chi connectivity index (χ0n) is 13.1. The Hall–Kier alpha value is -3.22. The second kappa shape index (κ2) is 6.72. The number of anilines is 1. The first kappa shape index (κ1) is 16.6. The number of halogens is 2. The van der Waals surface area contributed by atoms with Gasteiger partial charge in [-0.05, 0) is 31.2 Å². The first-order valence-corrected chi connectivity index (χ1v) is 7.39. The molecule has 3 rings (SSSR count). The second-order valence-corrected chi connectivity index (χ2v) is 5.31. The predicted molar refractivity (Wildman–Crippen MR) is 86.1 cm³/mol. The van der Waals surface area contributed by atoms with Crippen LogP contribution in [0.4, 0.5) is 14.5 Å². The van der Waals surface area contributed by atoms with Gasteiger partial charge in [0, 0.05) is 11.5 Å². The molecule has 0 radical (unpaired) electrons. The van der Waals surface area contributed by atoms with E-state index in [1.54, 1.807) is 24.3 Å². The fourth-order valence-electron chi connectivity index (χ4n) is 2.18. The number of fused-ring (bicyclic) bond motifs is 1. The number of ether oxygens (including phenoxy) is 1. The van der Waals surface area contributed by atoms with Crippen LogP contribution in [-0.4, -0.2) is 18.0 Å². The summed E-state index contributed by atoms with van der Waals surface area (Å²) < 4.78 is 37.0. The lowest BCUT2D eigenvalue weighted by atomic mass is 10.2. The molecule has 0 bridgehead atoms. The van der Waals surface area contributed by atoms with E-state index in [0.29, 0.717) is 11.0 Å². The van der Waals surface area contributed by atoms with Gasteiger partial charge in [0.1, 0.15) is 17.2 Å². The van der Waals surface area contributed by atoms with Crippen molar-refractivity contribution in [3.8, 4) is 0 Å². The lowest BCUT2D eigenvalue weighted by molar-refractivity contribution is -0.123. The smallest absolute Gasteiger partial charge is 0.375 e. The first-order valence-electron chi connectivity index (χ1n) is 7.39. The third-order valence-electron chi connectivity index (χ3n) is 3.47. The van der Waals surface area contributed by atoms with Crippen molar-refractivity contribution in [1.29, 1.82) is 0 Å². The number of esters is 1. The Morgan fingerprint density at radius 2 is 1.88 bits per heavy atom. The van der Waals surface area contributed by atoms with E-state index in [0.717, 1.165) is 18.2 Å². The monoisotopic (exact) mass is 345 g/mol. The van der Waals surface area contributed by atoms with Gasteiger partial charge in [0.15, 0.2) is 6.10 Å². The topological polar surface area (TPSA) is 68.5 Å². The number of rotatable bonds is 4. The van der Waals surface area contributed by atoms with Gasteiger partial charge in [-0.2, -0.15) is 0 Å².